The maximum absolute atomic E-state index is 11.3. The Labute approximate surface area is 241 Å². The molecule has 5 fully saturated rings. The smallest absolute Gasteiger partial charge is 0.316 e. The molecule has 218 valence electrons. The summed E-state index contributed by atoms with van der Waals surface area (Å²) in [7, 11) is 3.64. The number of hydrogen-bond acceptors (Lipinski definition) is 6. The van der Waals surface area contributed by atoms with Crippen LogP contribution in [0.15, 0.2) is 36.4 Å². The lowest BCUT2D eigenvalue weighted by molar-refractivity contribution is -0.283. The number of hydrogen-bond donors (Lipinski definition) is 2. The molecule has 9 rings (SSSR count). The van der Waals surface area contributed by atoms with Gasteiger partial charge in [0.05, 0.1) is 20.3 Å². The molecule has 2 aromatic carbocycles. The molecule has 1 saturated heterocycles. The predicted molar refractivity (Wildman–Crippen MR) is 154 cm³/mol. The van der Waals surface area contributed by atoms with Crippen molar-refractivity contribution in [2.24, 2.45) is 23.0 Å². The second-order valence-corrected chi connectivity index (χ2v) is 13.4. The Morgan fingerprint density at radius 2 is 2.05 bits per heavy atom. The summed E-state index contributed by atoms with van der Waals surface area (Å²) in [4.78, 5) is 14.2. The lowest BCUT2D eigenvalue weighted by atomic mass is 9.35. The number of carbonyl (C=O) groups excluding carboxylic acids is 1. The van der Waals surface area contributed by atoms with Gasteiger partial charge in [0.1, 0.15) is 11.7 Å². The van der Waals surface area contributed by atoms with Crippen LogP contribution < -0.4 is 20.5 Å². The molecule has 8 heteroatoms. The van der Waals surface area contributed by atoms with Crippen molar-refractivity contribution in [1.29, 1.82) is 0 Å². The Bertz CT molecular complexity index is 1390. The van der Waals surface area contributed by atoms with E-state index in [4.69, 9.17) is 24.7 Å². The van der Waals surface area contributed by atoms with E-state index in [0.29, 0.717) is 24.9 Å². The predicted octanol–water partition coefficient (Wildman–Crippen LogP) is 4.63. The molecule has 0 aromatic heterocycles. The van der Waals surface area contributed by atoms with Crippen molar-refractivity contribution in [3.63, 3.8) is 0 Å². The minimum Gasteiger partial charge on any atom is -0.493 e. The van der Waals surface area contributed by atoms with E-state index in [1.54, 1.807) is 7.11 Å². The van der Waals surface area contributed by atoms with Gasteiger partial charge < -0.3 is 30.0 Å². The zero-order valence-electron chi connectivity index (χ0n) is 24.1. The van der Waals surface area contributed by atoms with Crippen LogP contribution in [-0.4, -0.2) is 62.6 Å². The first-order valence-electron chi connectivity index (χ1n) is 15.3. The summed E-state index contributed by atoms with van der Waals surface area (Å²) in [5.41, 5.74) is 9.56. The highest BCUT2D eigenvalue weighted by molar-refractivity contribution is 5.87. The van der Waals surface area contributed by atoms with Crippen molar-refractivity contribution in [1.82, 2.24) is 4.90 Å². The molecule has 5 aliphatic carbocycles. The Balaban J connectivity index is 1.15. The fourth-order valence-corrected chi connectivity index (χ4v) is 10.1. The third-order valence-corrected chi connectivity index (χ3v) is 11.8. The molecule has 7 aliphatic rings. The van der Waals surface area contributed by atoms with Crippen LogP contribution in [0.2, 0.25) is 0 Å². The average molecular weight is 560 g/mol. The third-order valence-electron chi connectivity index (χ3n) is 11.8. The normalized spacial score (nSPS) is 36.0. The number of piperidine rings is 1. The highest BCUT2D eigenvalue weighted by Gasteiger charge is 2.80. The van der Waals surface area contributed by atoms with Crippen LogP contribution in [0.5, 0.6) is 11.5 Å². The standard InChI is InChI=1S/C33H41N3O5/c1-38-25-9-8-22-15-26-31-10-11-33(39-2,23(16-31)19-40-18-21-4-3-5-24(14-21)35-30(34)37)29-32(31,27(22)28(25)41-29)12-13-36(26)17-20-6-7-20/h3-5,8-9,14,20,23,26,29H,6-7,10-13,15-19H2,1-2H3,(H3,34,35,37)/t23-,26-,29-,31?,32?,33?/m1/s1. The van der Waals surface area contributed by atoms with Gasteiger partial charge in [-0.1, -0.05) is 18.2 Å². The number of fused-ring (bicyclic) bond motifs is 2. The topological polar surface area (TPSA) is 95.3 Å². The summed E-state index contributed by atoms with van der Waals surface area (Å²) in [5, 5.41) is 2.66. The molecular weight excluding hydrogens is 518 g/mol. The minimum atomic E-state index is -0.567. The molecule has 6 atom stereocenters. The molecule has 4 saturated carbocycles. The number of nitrogens with two attached hydrogens (primary N) is 1. The SMILES string of the molecule is COc1ccc2c3c1O[C@H]1C4(OC)CCC5(C[C@@H]4COCc4cccc(NC(N)=O)c4)[C@@H](C2)N(CC2CC2)CCC315. The number of rotatable bonds is 9. The molecule has 3 unspecified atom stereocenters. The monoisotopic (exact) mass is 559 g/mol. The Morgan fingerprint density at radius 3 is 2.83 bits per heavy atom. The van der Waals surface area contributed by atoms with Crippen molar-refractivity contribution >= 4 is 11.7 Å². The summed E-state index contributed by atoms with van der Waals surface area (Å²) >= 11 is 0. The van der Waals surface area contributed by atoms with E-state index in [9.17, 15) is 4.79 Å². The number of likely N-dealkylation sites (tertiary alicyclic amines) is 1. The van der Waals surface area contributed by atoms with Gasteiger partial charge in [0.15, 0.2) is 11.5 Å². The summed E-state index contributed by atoms with van der Waals surface area (Å²) < 4.78 is 26.1. The zero-order chi connectivity index (χ0) is 28.0. The van der Waals surface area contributed by atoms with Crippen molar-refractivity contribution in [3.8, 4) is 11.5 Å². The van der Waals surface area contributed by atoms with Gasteiger partial charge in [0.2, 0.25) is 0 Å². The summed E-state index contributed by atoms with van der Waals surface area (Å²) in [6, 6.07) is 12.1. The number of urea groups is 1. The molecule has 4 bridgehead atoms. The molecule has 41 heavy (non-hydrogen) atoms. The fourth-order valence-electron chi connectivity index (χ4n) is 10.1. The quantitative estimate of drug-likeness (QED) is 0.465. The molecule has 2 aliphatic heterocycles. The van der Waals surface area contributed by atoms with Gasteiger partial charge in [-0.25, -0.2) is 4.79 Å². The first kappa shape index (κ1) is 25.9. The number of carbonyl (C=O) groups is 1. The Morgan fingerprint density at radius 1 is 1.17 bits per heavy atom. The molecular formula is C33H41N3O5. The van der Waals surface area contributed by atoms with Gasteiger partial charge in [0.25, 0.3) is 0 Å². The number of methoxy groups -OCH3 is 2. The van der Waals surface area contributed by atoms with E-state index in [0.717, 1.165) is 55.2 Å². The third kappa shape index (κ3) is 3.47. The van der Waals surface area contributed by atoms with Crippen LogP contribution >= 0.6 is 0 Å². The lowest BCUT2D eigenvalue weighted by Gasteiger charge is -2.74. The number of anilines is 1. The van der Waals surface area contributed by atoms with Crippen LogP contribution in [0.3, 0.4) is 0 Å². The first-order valence-corrected chi connectivity index (χ1v) is 15.3. The van der Waals surface area contributed by atoms with Gasteiger partial charge in [0, 0.05) is 47.7 Å². The molecule has 2 amide bonds. The highest BCUT2D eigenvalue weighted by Crippen LogP contribution is 2.76. The second kappa shape index (κ2) is 9.09. The summed E-state index contributed by atoms with van der Waals surface area (Å²) in [6.07, 6.45) is 8.16. The van der Waals surface area contributed by atoms with Crippen LogP contribution in [0.25, 0.3) is 0 Å². The number of nitrogens with one attached hydrogen (secondary N) is 1. The summed E-state index contributed by atoms with van der Waals surface area (Å²) in [6.45, 7) is 3.44. The molecule has 3 N–H and O–H groups in total. The summed E-state index contributed by atoms with van der Waals surface area (Å²) in [5.74, 6) is 2.91. The van der Waals surface area contributed by atoms with E-state index in [2.05, 4.69) is 22.3 Å². The second-order valence-electron chi connectivity index (χ2n) is 13.4. The number of primary amides is 1. The van der Waals surface area contributed by atoms with Gasteiger partial charge in [-0.05, 0) is 86.7 Å². The van der Waals surface area contributed by atoms with E-state index < -0.39 is 11.6 Å². The largest absolute Gasteiger partial charge is 0.493 e. The van der Waals surface area contributed by atoms with Crippen molar-refractivity contribution in [3.05, 3.63) is 53.1 Å². The molecule has 2 heterocycles. The van der Waals surface area contributed by atoms with E-state index >= 15 is 0 Å². The molecule has 0 radical (unpaired) electrons. The van der Waals surface area contributed by atoms with Gasteiger partial charge in [-0.3, -0.25) is 4.90 Å². The number of ether oxygens (including phenoxy) is 4. The van der Waals surface area contributed by atoms with Crippen LogP contribution in [0, 0.1) is 17.3 Å². The van der Waals surface area contributed by atoms with Gasteiger partial charge >= 0.3 is 6.03 Å². The Kier molecular flexibility index (Phi) is 5.74. The van der Waals surface area contributed by atoms with E-state index in [-0.39, 0.29) is 22.9 Å². The average Bonchev–Trinajstić information content (AvgIpc) is 3.71. The van der Waals surface area contributed by atoms with Gasteiger partial charge in [-0.15, -0.1) is 0 Å². The zero-order valence-corrected chi connectivity index (χ0v) is 24.1. The maximum Gasteiger partial charge on any atom is 0.316 e. The van der Waals surface area contributed by atoms with Crippen LogP contribution in [-0.2, 0) is 27.9 Å². The van der Waals surface area contributed by atoms with Crippen molar-refractivity contribution in [2.75, 3.05) is 39.2 Å². The molecule has 8 nitrogen and oxygen atoms in total. The van der Waals surface area contributed by atoms with E-state index in [1.807, 2.05) is 31.4 Å². The number of nitrogens with zero attached hydrogens (tertiary/aromatic N) is 1. The minimum absolute atomic E-state index is 0.0462. The lowest BCUT2D eigenvalue weighted by Crippen LogP contribution is -2.81. The highest BCUT2D eigenvalue weighted by atomic mass is 16.6. The van der Waals surface area contributed by atoms with Crippen molar-refractivity contribution in [2.45, 2.75) is 74.7 Å². The first-order chi connectivity index (χ1) is 19.9. The Hall–Kier alpha value is -2.81. The number of benzene rings is 2. The maximum atomic E-state index is 11.3. The van der Waals surface area contributed by atoms with Crippen molar-refractivity contribution < 1.29 is 23.7 Å². The molecule has 2 aromatic rings. The van der Waals surface area contributed by atoms with Crippen LogP contribution in [0.4, 0.5) is 10.5 Å². The molecule has 2 spiro atoms. The number of amides is 2. The van der Waals surface area contributed by atoms with Crippen LogP contribution in [0.1, 0.15) is 55.2 Å². The van der Waals surface area contributed by atoms with E-state index in [1.165, 1.54) is 36.9 Å². The van der Waals surface area contributed by atoms with Gasteiger partial charge in [-0.2, -0.15) is 0 Å². The fraction of sp³-hybridized carbons (Fsp3) is 0.606.